The van der Waals surface area contributed by atoms with Gasteiger partial charge < -0.3 is 10.1 Å². The lowest BCUT2D eigenvalue weighted by molar-refractivity contribution is -0.154. The second-order valence-electron chi connectivity index (χ2n) is 4.44. The maximum absolute atomic E-state index is 12.3. The highest BCUT2D eigenvalue weighted by molar-refractivity contribution is 6.09. The summed E-state index contributed by atoms with van der Waals surface area (Å²) in [5.74, 6) is 0.531. The fraction of sp³-hybridized carbons (Fsp3) is 0.615. The zero-order valence-corrected chi connectivity index (χ0v) is 11.4. The number of urea groups is 1. The second kappa shape index (κ2) is 5.74. The van der Waals surface area contributed by atoms with Crippen LogP contribution < -0.4 is 5.32 Å². The van der Waals surface area contributed by atoms with Gasteiger partial charge in [0.15, 0.2) is 0 Å². The average Bonchev–Trinajstić information content (AvgIpc) is 2.55. The highest BCUT2D eigenvalue weighted by atomic mass is 16.5. The molecule has 0 aromatic heterocycles. The molecule has 0 aromatic carbocycles. The molecule has 104 valence electrons. The van der Waals surface area contributed by atoms with Gasteiger partial charge in [0.1, 0.15) is 5.54 Å². The number of amides is 3. The Morgan fingerprint density at radius 1 is 1.53 bits per heavy atom. The van der Waals surface area contributed by atoms with Crippen LogP contribution in [0.3, 0.4) is 0 Å². The Kier molecular flexibility index (Phi) is 4.54. The van der Waals surface area contributed by atoms with Gasteiger partial charge in [-0.05, 0) is 20.3 Å². The molecule has 0 bridgehead atoms. The highest BCUT2D eigenvalue weighted by Crippen LogP contribution is 2.29. The minimum absolute atomic E-state index is 0.112. The summed E-state index contributed by atoms with van der Waals surface area (Å²) < 4.78 is 4.95. The molecule has 6 nitrogen and oxygen atoms in total. The van der Waals surface area contributed by atoms with Crippen LogP contribution in [-0.2, 0) is 14.3 Å². The standard InChI is InChI=1S/C13H18N2O4/c1-5-8-15-11(17)13(4,14-12(15)18)9(6-2)10(16)19-7-3/h1,9H,6-8H2,2-4H3,(H,14,18). The number of hydrogen-bond donors (Lipinski definition) is 1. The quantitative estimate of drug-likeness (QED) is 0.447. The van der Waals surface area contributed by atoms with Gasteiger partial charge in [-0.1, -0.05) is 12.8 Å². The number of rotatable bonds is 5. The lowest BCUT2D eigenvalue weighted by Crippen LogP contribution is -2.53. The minimum Gasteiger partial charge on any atom is -0.466 e. The summed E-state index contributed by atoms with van der Waals surface area (Å²) in [5.41, 5.74) is -1.30. The summed E-state index contributed by atoms with van der Waals surface area (Å²) in [6, 6.07) is -0.576. The largest absolute Gasteiger partial charge is 0.466 e. The van der Waals surface area contributed by atoms with Crippen molar-refractivity contribution in [3.8, 4) is 12.3 Å². The molecule has 6 heteroatoms. The number of terminal acetylenes is 1. The van der Waals surface area contributed by atoms with Crippen LogP contribution >= 0.6 is 0 Å². The van der Waals surface area contributed by atoms with Gasteiger partial charge in [0, 0.05) is 0 Å². The number of nitrogens with zero attached hydrogens (tertiary/aromatic N) is 1. The molecule has 2 unspecified atom stereocenters. The molecular weight excluding hydrogens is 248 g/mol. The van der Waals surface area contributed by atoms with Crippen LogP contribution in [0.25, 0.3) is 0 Å². The third-order valence-corrected chi connectivity index (χ3v) is 3.23. The monoisotopic (exact) mass is 266 g/mol. The molecule has 1 N–H and O–H groups in total. The van der Waals surface area contributed by atoms with E-state index in [2.05, 4.69) is 11.2 Å². The lowest BCUT2D eigenvalue weighted by atomic mass is 9.83. The Bertz CT molecular complexity index is 440. The summed E-state index contributed by atoms with van der Waals surface area (Å²) in [7, 11) is 0. The zero-order chi connectivity index (χ0) is 14.6. The van der Waals surface area contributed by atoms with Crippen LogP contribution in [-0.4, -0.2) is 41.5 Å². The van der Waals surface area contributed by atoms with Crippen LogP contribution in [0, 0.1) is 18.3 Å². The predicted molar refractivity (Wildman–Crippen MR) is 67.9 cm³/mol. The van der Waals surface area contributed by atoms with Crippen LogP contribution in [0.4, 0.5) is 4.79 Å². The van der Waals surface area contributed by atoms with E-state index in [1.54, 1.807) is 13.8 Å². The van der Waals surface area contributed by atoms with Gasteiger partial charge in [-0.2, -0.15) is 0 Å². The number of ether oxygens (including phenoxy) is 1. The maximum Gasteiger partial charge on any atom is 0.325 e. The topological polar surface area (TPSA) is 75.7 Å². The normalized spacial score (nSPS) is 23.8. The molecule has 1 fully saturated rings. The number of hydrogen-bond acceptors (Lipinski definition) is 4. The third-order valence-electron chi connectivity index (χ3n) is 3.23. The van der Waals surface area contributed by atoms with E-state index < -0.39 is 29.4 Å². The second-order valence-corrected chi connectivity index (χ2v) is 4.44. The van der Waals surface area contributed by atoms with Crippen molar-refractivity contribution in [2.45, 2.75) is 32.7 Å². The molecule has 0 radical (unpaired) electrons. The van der Waals surface area contributed by atoms with Crippen molar-refractivity contribution in [3.05, 3.63) is 0 Å². The van der Waals surface area contributed by atoms with Gasteiger partial charge in [0.2, 0.25) is 0 Å². The highest BCUT2D eigenvalue weighted by Gasteiger charge is 2.54. The number of carbonyl (C=O) groups excluding carboxylic acids is 3. The van der Waals surface area contributed by atoms with Crippen LogP contribution in [0.1, 0.15) is 27.2 Å². The molecular formula is C13H18N2O4. The van der Waals surface area contributed by atoms with Crippen molar-refractivity contribution in [3.63, 3.8) is 0 Å². The van der Waals surface area contributed by atoms with E-state index in [1.807, 2.05) is 0 Å². The van der Waals surface area contributed by atoms with Gasteiger partial charge in [-0.25, -0.2) is 4.79 Å². The molecule has 1 saturated heterocycles. The summed E-state index contributed by atoms with van der Waals surface area (Å²) in [6.45, 7) is 5.08. The number of nitrogens with one attached hydrogen (secondary N) is 1. The molecule has 1 rings (SSSR count). The van der Waals surface area contributed by atoms with Crippen molar-refractivity contribution in [2.75, 3.05) is 13.2 Å². The molecule has 19 heavy (non-hydrogen) atoms. The Morgan fingerprint density at radius 2 is 2.16 bits per heavy atom. The molecule has 2 atom stereocenters. The molecule has 3 amide bonds. The van der Waals surface area contributed by atoms with Crippen LogP contribution in [0.2, 0.25) is 0 Å². The van der Waals surface area contributed by atoms with E-state index >= 15 is 0 Å². The Morgan fingerprint density at radius 3 is 2.63 bits per heavy atom. The van der Waals surface area contributed by atoms with Crippen molar-refractivity contribution in [1.29, 1.82) is 0 Å². The number of imide groups is 1. The van der Waals surface area contributed by atoms with Crippen LogP contribution in [0.5, 0.6) is 0 Å². The molecule has 1 heterocycles. The van der Waals surface area contributed by atoms with Crippen molar-refractivity contribution < 1.29 is 19.1 Å². The molecule has 0 spiro atoms. The SMILES string of the molecule is C#CCN1C(=O)NC(C)(C(CC)C(=O)OCC)C1=O. The first-order valence-corrected chi connectivity index (χ1v) is 6.16. The summed E-state index contributed by atoms with van der Waals surface area (Å²) in [5, 5.41) is 2.55. The van der Waals surface area contributed by atoms with Gasteiger partial charge >= 0.3 is 12.0 Å². The minimum atomic E-state index is -1.30. The van der Waals surface area contributed by atoms with Crippen molar-refractivity contribution in [1.82, 2.24) is 10.2 Å². The third kappa shape index (κ3) is 2.55. The first kappa shape index (κ1) is 15.0. The van der Waals surface area contributed by atoms with Crippen molar-refractivity contribution in [2.24, 2.45) is 5.92 Å². The molecule has 0 aromatic rings. The molecule has 0 saturated carbocycles. The van der Waals surface area contributed by atoms with E-state index in [9.17, 15) is 14.4 Å². The smallest absolute Gasteiger partial charge is 0.325 e. The lowest BCUT2D eigenvalue weighted by Gasteiger charge is -2.29. The van der Waals surface area contributed by atoms with Gasteiger partial charge in [0.25, 0.3) is 5.91 Å². The predicted octanol–water partition coefficient (Wildman–Crippen LogP) is 0.519. The fourth-order valence-corrected chi connectivity index (χ4v) is 2.24. The maximum atomic E-state index is 12.3. The van der Waals surface area contributed by atoms with E-state index in [4.69, 9.17) is 11.2 Å². The molecule has 1 aliphatic heterocycles. The van der Waals surface area contributed by atoms with Gasteiger partial charge in [-0.15, -0.1) is 6.42 Å². The zero-order valence-electron chi connectivity index (χ0n) is 11.4. The van der Waals surface area contributed by atoms with Crippen molar-refractivity contribution >= 4 is 17.9 Å². The fourth-order valence-electron chi connectivity index (χ4n) is 2.24. The first-order chi connectivity index (χ1) is 8.92. The molecule has 0 aliphatic carbocycles. The molecule has 1 aliphatic rings. The number of carbonyl (C=O) groups is 3. The number of esters is 1. The van der Waals surface area contributed by atoms with Gasteiger partial charge in [-0.3, -0.25) is 14.5 Å². The first-order valence-electron chi connectivity index (χ1n) is 6.16. The van der Waals surface area contributed by atoms with E-state index in [0.29, 0.717) is 6.42 Å². The Hall–Kier alpha value is -2.03. The summed E-state index contributed by atoms with van der Waals surface area (Å²) >= 11 is 0. The summed E-state index contributed by atoms with van der Waals surface area (Å²) in [6.07, 6.45) is 5.50. The van der Waals surface area contributed by atoms with Gasteiger partial charge in [0.05, 0.1) is 19.1 Å². The average molecular weight is 266 g/mol. The van der Waals surface area contributed by atoms with Crippen LogP contribution in [0.15, 0.2) is 0 Å². The summed E-state index contributed by atoms with van der Waals surface area (Å²) in [4.78, 5) is 36.8. The van der Waals surface area contributed by atoms with E-state index in [0.717, 1.165) is 4.90 Å². The van der Waals surface area contributed by atoms with E-state index in [1.165, 1.54) is 6.92 Å². The van der Waals surface area contributed by atoms with E-state index in [-0.39, 0.29) is 13.2 Å². The Balaban J connectivity index is 3.03. The Labute approximate surface area is 112 Å².